The van der Waals surface area contributed by atoms with Gasteiger partial charge in [0.05, 0.1) is 52.9 Å². The number of anilines is 1. The standard InChI is InChI=1S/C24H19F4N5O2/c1-10-8-32(21-11-2-3-12(22(27)28)20(26)13(11)5-19(21)35-10)24(34)14-4-17-16(6-15(14)25)31-23(29)18-7-30-9-33(17)18/h2-4,6-7,9-10,19,21-22H,5,8H2,1H3,(H2,29,31)/t10-,19+,21-/m0/s1. The Balaban J connectivity index is 1.46. The van der Waals surface area contributed by atoms with Crippen LogP contribution in [-0.2, 0) is 11.2 Å². The third-order valence-corrected chi connectivity index (χ3v) is 6.77. The van der Waals surface area contributed by atoms with E-state index in [4.69, 9.17) is 10.5 Å². The lowest BCUT2D eigenvalue weighted by Gasteiger charge is -2.41. The highest BCUT2D eigenvalue weighted by Crippen LogP contribution is 2.44. The molecule has 2 aromatic heterocycles. The summed E-state index contributed by atoms with van der Waals surface area (Å²) < 4.78 is 64.1. The van der Waals surface area contributed by atoms with Gasteiger partial charge in [-0.3, -0.25) is 9.20 Å². The van der Waals surface area contributed by atoms with Crippen molar-refractivity contribution < 1.29 is 27.1 Å². The summed E-state index contributed by atoms with van der Waals surface area (Å²) in [5.41, 5.74) is 6.73. The van der Waals surface area contributed by atoms with Crippen molar-refractivity contribution in [2.24, 2.45) is 0 Å². The molecule has 2 aromatic carbocycles. The number of alkyl halides is 2. The van der Waals surface area contributed by atoms with Crippen LogP contribution in [0.15, 0.2) is 36.8 Å². The van der Waals surface area contributed by atoms with Crippen LogP contribution >= 0.6 is 0 Å². The molecule has 0 bridgehead atoms. The van der Waals surface area contributed by atoms with Gasteiger partial charge in [0, 0.05) is 19.0 Å². The Morgan fingerprint density at radius 1 is 1.23 bits per heavy atom. The zero-order chi connectivity index (χ0) is 24.6. The highest BCUT2D eigenvalue weighted by atomic mass is 19.3. The molecule has 0 unspecified atom stereocenters. The molecule has 3 atom stereocenters. The van der Waals surface area contributed by atoms with E-state index in [1.54, 1.807) is 11.3 Å². The fourth-order valence-electron chi connectivity index (χ4n) is 5.27. The molecule has 0 spiro atoms. The number of halogens is 4. The molecule has 0 radical (unpaired) electrons. The van der Waals surface area contributed by atoms with Crippen LogP contribution < -0.4 is 5.73 Å². The Morgan fingerprint density at radius 3 is 2.80 bits per heavy atom. The van der Waals surface area contributed by atoms with Crippen molar-refractivity contribution in [1.29, 1.82) is 0 Å². The molecule has 1 amide bonds. The molecular formula is C24H19F4N5O2. The lowest BCUT2D eigenvalue weighted by molar-refractivity contribution is -0.0938. The second kappa shape index (κ2) is 7.64. The minimum absolute atomic E-state index is 0.0412. The Kier molecular flexibility index (Phi) is 4.75. The average Bonchev–Trinajstić information content (AvgIpc) is 3.44. The summed E-state index contributed by atoms with van der Waals surface area (Å²) in [7, 11) is 0. The van der Waals surface area contributed by atoms with Gasteiger partial charge in [-0.25, -0.2) is 27.5 Å². The Bertz CT molecular complexity index is 1520. The van der Waals surface area contributed by atoms with Crippen LogP contribution in [0.3, 0.4) is 0 Å². The van der Waals surface area contributed by atoms with E-state index < -0.39 is 47.8 Å². The summed E-state index contributed by atoms with van der Waals surface area (Å²) in [6.07, 6.45) is -0.971. The first kappa shape index (κ1) is 21.8. The van der Waals surface area contributed by atoms with Gasteiger partial charge in [0.15, 0.2) is 0 Å². The smallest absolute Gasteiger partial charge is 0.266 e. The highest BCUT2D eigenvalue weighted by molar-refractivity contribution is 5.99. The third-order valence-electron chi connectivity index (χ3n) is 6.77. The summed E-state index contributed by atoms with van der Waals surface area (Å²) in [4.78, 5) is 23.4. The maximum absolute atomic E-state index is 15.2. The summed E-state index contributed by atoms with van der Waals surface area (Å²) >= 11 is 0. The molecule has 4 aromatic rings. The van der Waals surface area contributed by atoms with Crippen LogP contribution in [0.4, 0.5) is 23.4 Å². The molecule has 1 saturated heterocycles. The minimum Gasteiger partial charge on any atom is -0.382 e. The van der Waals surface area contributed by atoms with E-state index in [0.717, 1.165) is 12.1 Å². The zero-order valence-corrected chi connectivity index (χ0v) is 18.4. The number of nitrogens with zero attached hydrogens (tertiary/aromatic N) is 4. The molecule has 1 aliphatic carbocycles. The fourth-order valence-corrected chi connectivity index (χ4v) is 5.27. The van der Waals surface area contributed by atoms with Crippen LogP contribution in [0.2, 0.25) is 0 Å². The zero-order valence-electron chi connectivity index (χ0n) is 18.4. The molecule has 180 valence electrons. The molecular weight excluding hydrogens is 466 g/mol. The van der Waals surface area contributed by atoms with Crippen LogP contribution in [0.1, 0.15) is 46.4 Å². The Labute approximate surface area is 196 Å². The van der Waals surface area contributed by atoms with Crippen molar-refractivity contribution in [2.45, 2.75) is 38.0 Å². The Morgan fingerprint density at radius 2 is 2.03 bits per heavy atom. The first-order valence-electron chi connectivity index (χ1n) is 11.0. The van der Waals surface area contributed by atoms with Gasteiger partial charge in [0.1, 0.15) is 23.0 Å². The number of rotatable bonds is 2. The number of hydrogen-bond donors (Lipinski definition) is 1. The van der Waals surface area contributed by atoms with Crippen molar-refractivity contribution in [2.75, 3.05) is 12.3 Å². The van der Waals surface area contributed by atoms with E-state index in [1.807, 2.05) is 0 Å². The van der Waals surface area contributed by atoms with Crippen molar-refractivity contribution >= 4 is 28.3 Å². The number of hydrogen-bond acceptors (Lipinski definition) is 5. The van der Waals surface area contributed by atoms with Gasteiger partial charge in [-0.2, -0.15) is 0 Å². The largest absolute Gasteiger partial charge is 0.382 e. The molecule has 0 saturated carbocycles. The van der Waals surface area contributed by atoms with Crippen molar-refractivity contribution in [1.82, 2.24) is 19.3 Å². The molecule has 3 heterocycles. The summed E-state index contributed by atoms with van der Waals surface area (Å²) in [5, 5.41) is 0. The van der Waals surface area contributed by atoms with E-state index in [9.17, 15) is 18.0 Å². The number of aromatic nitrogens is 3. The number of nitrogen functional groups attached to an aromatic ring is 1. The number of amides is 1. The van der Waals surface area contributed by atoms with E-state index >= 15 is 4.39 Å². The van der Waals surface area contributed by atoms with Crippen molar-refractivity contribution in [3.05, 3.63) is 70.7 Å². The molecule has 1 aliphatic heterocycles. The number of nitrogens with two attached hydrogens (primary N) is 1. The molecule has 2 aliphatic rings. The first-order valence-corrected chi connectivity index (χ1v) is 11.0. The summed E-state index contributed by atoms with van der Waals surface area (Å²) in [5.74, 6) is -2.22. The number of morpholine rings is 1. The van der Waals surface area contributed by atoms with Crippen LogP contribution in [-0.4, -0.2) is 43.9 Å². The van der Waals surface area contributed by atoms with Crippen LogP contribution in [0.5, 0.6) is 0 Å². The van der Waals surface area contributed by atoms with Crippen LogP contribution in [0, 0.1) is 11.6 Å². The fraction of sp³-hybridized carbons (Fsp3) is 0.292. The monoisotopic (exact) mass is 485 g/mol. The van der Waals surface area contributed by atoms with Gasteiger partial charge in [-0.1, -0.05) is 12.1 Å². The molecule has 6 rings (SSSR count). The number of fused-ring (bicyclic) bond motifs is 6. The summed E-state index contributed by atoms with van der Waals surface area (Å²) in [6.45, 7) is 1.87. The third kappa shape index (κ3) is 3.18. The topological polar surface area (TPSA) is 85.8 Å². The van der Waals surface area contributed by atoms with E-state index in [2.05, 4.69) is 9.97 Å². The van der Waals surface area contributed by atoms with E-state index in [0.29, 0.717) is 16.6 Å². The predicted octanol–water partition coefficient (Wildman–Crippen LogP) is 4.21. The maximum Gasteiger partial charge on any atom is 0.266 e. The van der Waals surface area contributed by atoms with Crippen LogP contribution in [0.25, 0.3) is 16.6 Å². The number of carbonyl (C=O) groups is 1. The molecule has 11 heteroatoms. The molecule has 1 fully saturated rings. The number of carbonyl (C=O) groups excluding carboxylic acids is 1. The minimum atomic E-state index is -2.96. The quantitative estimate of drug-likeness (QED) is 0.430. The molecule has 7 nitrogen and oxygen atoms in total. The van der Waals surface area contributed by atoms with Gasteiger partial charge in [-0.05, 0) is 24.1 Å². The lowest BCUT2D eigenvalue weighted by Crippen LogP contribution is -2.50. The Hall–Kier alpha value is -3.73. The van der Waals surface area contributed by atoms with E-state index in [1.165, 1.54) is 29.6 Å². The second-order valence-electron chi connectivity index (χ2n) is 8.90. The molecule has 2 N–H and O–H groups in total. The van der Waals surface area contributed by atoms with Gasteiger partial charge in [0.25, 0.3) is 12.3 Å². The number of ether oxygens (including phenoxy) is 1. The van der Waals surface area contributed by atoms with Gasteiger partial charge in [0.2, 0.25) is 0 Å². The highest BCUT2D eigenvalue weighted by Gasteiger charge is 2.46. The van der Waals surface area contributed by atoms with Gasteiger partial charge in [-0.15, -0.1) is 0 Å². The normalized spacial score (nSPS) is 21.7. The number of imidazole rings is 1. The molecule has 35 heavy (non-hydrogen) atoms. The summed E-state index contributed by atoms with van der Waals surface area (Å²) in [6, 6.07) is 4.23. The van der Waals surface area contributed by atoms with Gasteiger partial charge >= 0.3 is 0 Å². The SMILES string of the molecule is C[C@H]1CN(C(=O)c2cc3c(cc2F)nc(N)c2cncn23)[C@H]2c3ccc(C(F)F)c(F)c3C[C@H]2O1. The second-order valence-corrected chi connectivity index (χ2v) is 8.90. The number of benzene rings is 2. The average molecular weight is 485 g/mol. The predicted molar refractivity (Wildman–Crippen MR) is 118 cm³/mol. The van der Waals surface area contributed by atoms with Crippen molar-refractivity contribution in [3.8, 4) is 0 Å². The van der Waals surface area contributed by atoms with Gasteiger partial charge < -0.3 is 15.4 Å². The van der Waals surface area contributed by atoms with E-state index in [-0.39, 0.29) is 35.4 Å². The lowest BCUT2D eigenvalue weighted by atomic mass is 10.00. The first-order chi connectivity index (χ1) is 16.7. The maximum atomic E-state index is 15.2. The van der Waals surface area contributed by atoms with Crippen molar-refractivity contribution in [3.63, 3.8) is 0 Å².